The summed E-state index contributed by atoms with van der Waals surface area (Å²) in [4.78, 5) is 5.25. The first kappa shape index (κ1) is 47.0. The Labute approximate surface area is 413 Å². The van der Waals surface area contributed by atoms with Crippen molar-refractivity contribution in [2.45, 2.75) is 142 Å². The van der Waals surface area contributed by atoms with Crippen LogP contribution in [-0.4, -0.2) is 32.3 Å². The first-order valence-corrected chi connectivity index (χ1v) is 40.1. The van der Waals surface area contributed by atoms with Gasteiger partial charge >= 0.3 is 0 Å². The number of hydrogen-bond acceptors (Lipinski definition) is 2. The van der Waals surface area contributed by atoms with Gasteiger partial charge in [0.15, 0.2) is 0 Å². The second-order valence-electron chi connectivity index (χ2n) is 24.9. The van der Waals surface area contributed by atoms with Crippen LogP contribution >= 0.6 is 0 Å². The molecule has 8 aromatic rings. The molecule has 2 aliphatic rings. The highest BCUT2D eigenvalue weighted by molar-refractivity contribution is 6.90. The van der Waals surface area contributed by atoms with Crippen LogP contribution in [0.25, 0.3) is 32.3 Å². The lowest BCUT2D eigenvalue weighted by molar-refractivity contribution is 0.729. The molecule has 2 aliphatic carbocycles. The van der Waals surface area contributed by atoms with Crippen LogP contribution in [0.3, 0.4) is 0 Å². The monoisotopic (exact) mass is 961 g/mol. The van der Waals surface area contributed by atoms with Gasteiger partial charge in [0.05, 0.1) is 43.7 Å². The van der Waals surface area contributed by atoms with Gasteiger partial charge in [-0.2, -0.15) is 0 Å². The minimum Gasteiger partial charge on any atom is -0.310 e. The summed E-state index contributed by atoms with van der Waals surface area (Å²) in [7, 11) is -6.04. The van der Waals surface area contributed by atoms with Crippen molar-refractivity contribution in [2.75, 3.05) is 9.80 Å². The quantitative estimate of drug-likeness (QED) is 0.0889. The van der Waals surface area contributed by atoms with Crippen LogP contribution < -0.4 is 30.5 Å². The largest absolute Gasteiger partial charge is 0.310 e. The predicted octanol–water partition coefficient (Wildman–Crippen LogP) is 17.0. The van der Waals surface area contributed by atoms with Gasteiger partial charge in [-0.25, -0.2) is 0 Å². The maximum Gasteiger partial charge on any atom is 0.0775 e. The summed E-state index contributed by atoms with van der Waals surface area (Å²) in [5, 5.41) is 14.5. The fourth-order valence-electron chi connectivity index (χ4n) is 11.8. The van der Waals surface area contributed by atoms with E-state index in [2.05, 4.69) is 222 Å². The Kier molecular flexibility index (Phi) is 12.2. The van der Waals surface area contributed by atoms with Crippen LogP contribution in [0.4, 0.5) is 34.1 Å². The van der Waals surface area contributed by atoms with Gasteiger partial charge in [-0.1, -0.05) is 198 Å². The molecule has 0 spiro atoms. The lowest BCUT2D eigenvalue weighted by atomic mass is 9.82. The van der Waals surface area contributed by atoms with Crippen molar-refractivity contribution in [1.82, 2.24) is 0 Å². The van der Waals surface area contributed by atoms with E-state index in [1.807, 2.05) is 0 Å². The predicted molar refractivity (Wildman–Crippen MR) is 314 cm³/mol. The van der Waals surface area contributed by atoms with Crippen molar-refractivity contribution >= 4 is 119 Å². The summed E-state index contributed by atoms with van der Waals surface area (Å²) in [6, 6.07) is 54.2. The molecule has 2 nitrogen and oxygen atoms in total. The van der Waals surface area contributed by atoms with Crippen LogP contribution in [0, 0.1) is 0 Å². The molecule has 2 saturated carbocycles. The van der Waals surface area contributed by atoms with Gasteiger partial charge < -0.3 is 9.80 Å². The van der Waals surface area contributed by atoms with Gasteiger partial charge in [-0.15, -0.1) is 0 Å². The number of nitrogens with zero attached hydrogens (tertiary/aromatic N) is 2. The molecule has 350 valence electrons. The number of hydrogen-bond donors (Lipinski definition) is 0. The zero-order chi connectivity index (χ0) is 47.9. The molecule has 68 heavy (non-hydrogen) atoms. The highest BCUT2D eigenvalue weighted by atomic mass is 28.3. The molecule has 0 unspecified atom stereocenters. The van der Waals surface area contributed by atoms with Gasteiger partial charge in [0, 0.05) is 33.5 Å². The summed E-state index contributed by atoms with van der Waals surface area (Å²) in [5.74, 6) is 1.09. The first-order valence-electron chi connectivity index (χ1n) is 26.1. The van der Waals surface area contributed by atoms with Crippen LogP contribution in [0.15, 0.2) is 133 Å². The molecular formula is C62H76N2Si4. The van der Waals surface area contributed by atoms with E-state index in [1.54, 1.807) is 0 Å². The fourth-order valence-corrected chi connectivity index (χ4v) is 16.5. The van der Waals surface area contributed by atoms with Crippen molar-refractivity contribution in [2.24, 2.45) is 0 Å². The van der Waals surface area contributed by atoms with Gasteiger partial charge in [0.25, 0.3) is 0 Å². The summed E-state index contributed by atoms with van der Waals surface area (Å²) in [6.07, 6.45) is 10.2. The fraction of sp³-hybridized carbons (Fsp3) is 0.355. The normalized spacial score (nSPS) is 15.6. The highest BCUT2D eigenvalue weighted by Gasteiger charge is 2.31. The molecule has 10 rings (SSSR count). The lowest BCUT2D eigenvalue weighted by Gasteiger charge is -2.32. The molecule has 0 N–H and O–H groups in total. The highest BCUT2D eigenvalue weighted by Crippen LogP contribution is 2.53. The molecule has 0 saturated heterocycles. The smallest absolute Gasteiger partial charge is 0.0775 e. The molecular weight excluding hydrogens is 885 g/mol. The number of rotatable bonds is 12. The van der Waals surface area contributed by atoms with Crippen LogP contribution in [0.5, 0.6) is 0 Å². The first-order chi connectivity index (χ1) is 32.3. The summed E-state index contributed by atoms with van der Waals surface area (Å²) in [6.45, 7) is 29.5. The van der Waals surface area contributed by atoms with Gasteiger partial charge in [-0.3, -0.25) is 0 Å². The molecule has 6 heteroatoms. The molecule has 0 aliphatic heterocycles. The molecule has 0 heterocycles. The van der Waals surface area contributed by atoms with E-state index in [4.69, 9.17) is 0 Å². The third-order valence-corrected chi connectivity index (χ3v) is 24.2. The van der Waals surface area contributed by atoms with E-state index < -0.39 is 32.3 Å². The Bertz CT molecular complexity index is 2750. The van der Waals surface area contributed by atoms with E-state index in [1.165, 1.54) is 150 Å². The summed E-state index contributed by atoms with van der Waals surface area (Å²) >= 11 is 0. The Hall–Kier alpha value is -4.73. The molecule has 0 bridgehead atoms. The minimum absolute atomic E-state index is 0.545. The lowest BCUT2D eigenvalue weighted by Crippen LogP contribution is -2.37. The van der Waals surface area contributed by atoms with E-state index in [9.17, 15) is 0 Å². The van der Waals surface area contributed by atoms with Gasteiger partial charge in [0.2, 0.25) is 0 Å². The second-order valence-corrected chi connectivity index (χ2v) is 45.2. The molecule has 0 amide bonds. The number of anilines is 6. The number of benzene rings is 8. The summed E-state index contributed by atoms with van der Waals surface area (Å²) in [5.41, 5.74) is 10.6. The van der Waals surface area contributed by atoms with Crippen molar-refractivity contribution in [1.29, 1.82) is 0 Å². The van der Waals surface area contributed by atoms with E-state index >= 15 is 0 Å². The topological polar surface area (TPSA) is 6.48 Å². The van der Waals surface area contributed by atoms with Crippen molar-refractivity contribution in [3.8, 4) is 0 Å². The molecule has 0 aromatic heterocycles. The third kappa shape index (κ3) is 8.77. The minimum atomic E-state index is -1.51. The SMILES string of the molecule is C[Si](C)(C)c1ccc(N(c2ccc([Si](C)(C)C)cc2)c2cc(C3CCCC3)c3ccc4c(N(c5ccc([Si](C)(C)C)cc5)c5ccc([Si](C)(C)C)cc5)cc(C5CCCC5)c5ccc2c3c54)cc1. The Morgan fingerprint density at radius 1 is 0.309 bits per heavy atom. The maximum absolute atomic E-state index is 2.64. The Morgan fingerprint density at radius 3 is 0.779 bits per heavy atom. The van der Waals surface area contributed by atoms with E-state index in [0.29, 0.717) is 11.8 Å². The van der Waals surface area contributed by atoms with E-state index in [-0.39, 0.29) is 0 Å². The molecule has 2 fully saturated rings. The van der Waals surface area contributed by atoms with Crippen molar-refractivity contribution in [3.63, 3.8) is 0 Å². The van der Waals surface area contributed by atoms with Crippen LogP contribution in [0.2, 0.25) is 78.6 Å². The molecule has 0 atom stereocenters. The van der Waals surface area contributed by atoms with Crippen molar-refractivity contribution in [3.05, 3.63) is 145 Å². The Morgan fingerprint density at radius 2 is 0.544 bits per heavy atom. The standard InChI is InChI=1S/C62H76N2Si4/c1-65(2,3)49-29-21-45(22-30-49)63(46-23-31-50(32-24-46)66(4,5)6)59-41-57(43-17-13-14-18-43)53-38-40-56-60(42-58(44-19-15-16-20-44)54-37-39-55(59)61(53)62(54)56)64(47-25-33-51(34-26-47)67(7,8)9)48-27-35-52(36-28-48)68(10,11)12/h21-44H,13-20H2,1-12H3. The average molecular weight is 962 g/mol. The van der Waals surface area contributed by atoms with Crippen molar-refractivity contribution < 1.29 is 0 Å². The van der Waals surface area contributed by atoms with E-state index in [0.717, 1.165) is 0 Å². The average Bonchev–Trinajstić information content (AvgIpc) is 4.05. The Balaban J connectivity index is 1.30. The maximum atomic E-state index is 2.64. The van der Waals surface area contributed by atoms with Crippen LogP contribution in [-0.2, 0) is 0 Å². The van der Waals surface area contributed by atoms with Crippen LogP contribution in [0.1, 0.15) is 74.3 Å². The van der Waals surface area contributed by atoms with Gasteiger partial charge in [-0.05, 0) is 131 Å². The zero-order valence-electron chi connectivity index (χ0n) is 43.4. The molecule has 8 aromatic carbocycles. The molecule has 0 radical (unpaired) electrons. The van der Waals surface area contributed by atoms with Gasteiger partial charge in [0.1, 0.15) is 0 Å². The summed E-state index contributed by atoms with van der Waals surface area (Å²) < 4.78 is 0. The third-order valence-electron chi connectivity index (χ3n) is 16.0. The second kappa shape index (κ2) is 17.6. The zero-order valence-corrected chi connectivity index (χ0v) is 47.4.